The van der Waals surface area contributed by atoms with Crippen LogP contribution in [0.5, 0.6) is 11.5 Å². The molecule has 0 bridgehead atoms. The predicted octanol–water partition coefficient (Wildman–Crippen LogP) is 3.93. The van der Waals surface area contributed by atoms with Crippen LogP contribution in [0.25, 0.3) is 21.2 Å². The summed E-state index contributed by atoms with van der Waals surface area (Å²) in [6.45, 7) is 1.82. The number of pyridine rings is 1. The Hall–Kier alpha value is -2.63. The topological polar surface area (TPSA) is 105 Å². The van der Waals surface area contributed by atoms with Gasteiger partial charge in [0.1, 0.15) is 5.84 Å². The van der Waals surface area contributed by atoms with Gasteiger partial charge in [-0.3, -0.25) is 9.79 Å². The third kappa shape index (κ3) is 6.19. The van der Waals surface area contributed by atoms with Crippen LogP contribution in [-0.2, 0) is 16.6 Å². The van der Waals surface area contributed by atoms with Crippen LogP contribution < -0.4 is 20.8 Å². The first-order chi connectivity index (χ1) is 16.9. The number of aryl methyl sites for hydroxylation is 1. The number of carbonyl (C=O) groups excluding carboxylic acids is 1. The highest BCUT2D eigenvalue weighted by Gasteiger charge is 2.18. The van der Waals surface area contributed by atoms with E-state index in [4.69, 9.17) is 24.9 Å². The molecule has 0 aliphatic carbocycles. The van der Waals surface area contributed by atoms with E-state index in [1.54, 1.807) is 24.6 Å². The molecule has 0 unspecified atom stereocenters. The van der Waals surface area contributed by atoms with Crippen molar-refractivity contribution in [2.45, 2.75) is 25.8 Å². The highest BCUT2D eigenvalue weighted by atomic mass is 32.2. The van der Waals surface area contributed by atoms with Crippen molar-refractivity contribution in [3.63, 3.8) is 0 Å². The lowest BCUT2D eigenvalue weighted by Crippen LogP contribution is -2.20. The number of nitrogens with two attached hydrogens (primary N) is 1. The lowest BCUT2D eigenvalue weighted by molar-refractivity contribution is -0.145. The van der Waals surface area contributed by atoms with Crippen LogP contribution in [0.1, 0.15) is 24.6 Å². The Morgan fingerprint density at radius 1 is 1.22 bits per heavy atom. The van der Waals surface area contributed by atoms with Crippen molar-refractivity contribution in [2.24, 2.45) is 17.8 Å². The Kier molecular flexibility index (Phi) is 9.75. The van der Waals surface area contributed by atoms with E-state index >= 15 is 0 Å². The minimum absolute atomic E-state index is 0. The summed E-state index contributed by atoms with van der Waals surface area (Å²) in [6, 6.07) is 7.52. The summed E-state index contributed by atoms with van der Waals surface area (Å²) in [6.07, 6.45) is 3.85. The van der Waals surface area contributed by atoms with E-state index in [-0.39, 0.29) is 31.7 Å². The largest absolute Gasteiger partial charge is 0.493 e. The van der Waals surface area contributed by atoms with Crippen LogP contribution in [-0.4, -0.2) is 54.2 Å². The van der Waals surface area contributed by atoms with Crippen molar-refractivity contribution in [1.82, 2.24) is 4.57 Å². The number of thiophene rings is 1. The molecular weight excluding hydrogens is 518 g/mol. The van der Waals surface area contributed by atoms with E-state index in [2.05, 4.69) is 0 Å². The molecule has 3 heterocycles. The smallest absolute Gasteiger partial charge is 0.344 e. The van der Waals surface area contributed by atoms with Crippen LogP contribution >= 0.6 is 36.6 Å². The molecule has 1 aliphatic heterocycles. The fourth-order valence-corrected chi connectivity index (χ4v) is 6.12. The molecule has 194 valence electrons. The Morgan fingerprint density at radius 3 is 2.67 bits per heavy atom. The lowest BCUT2D eigenvalue weighted by atomic mass is 10.1. The third-order valence-corrected chi connectivity index (χ3v) is 7.98. The van der Waals surface area contributed by atoms with Gasteiger partial charge in [-0.05, 0) is 55.0 Å². The zero-order valence-electron chi connectivity index (χ0n) is 20.5. The lowest BCUT2D eigenvalue weighted by Gasteiger charge is -2.17. The molecule has 0 saturated carbocycles. The molecule has 0 spiro atoms. The van der Waals surface area contributed by atoms with Gasteiger partial charge in [-0.1, -0.05) is 6.07 Å². The molecule has 2 aromatic heterocycles. The molecule has 36 heavy (non-hydrogen) atoms. The first-order valence-electron chi connectivity index (χ1n) is 11.4. The number of thioether (sulfide) groups is 1. The van der Waals surface area contributed by atoms with E-state index in [1.807, 2.05) is 36.2 Å². The van der Waals surface area contributed by atoms with Gasteiger partial charge in [0.2, 0.25) is 0 Å². The number of methoxy groups -OCH3 is 1. The number of ether oxygens (including phenoxy) is 3. The number of aromatic nitrogens is 1. The van der Waals surface area contributed by atoms with Crippen molar-refractivity contribution >= 4 is 58.5 Å². The van der Waals surface area contributed by atoms with E-state index < -0.39 is 5.97 Å². The second-order valence-electron chi connectivity index (χ2n) is 8.13. The minimum Gasteiger partial charge on any atom is -0.493 e. The molecule has 3 aromatic rings. The molecule has 8 nitrogen and oxygen atoms in total. The molecule has 11 heteroatoms. The zero-order chi connectivity index (χ0) is 24.9. The summed E-state index contributed by atoms with van der Waals surface area (Å²) < 4.78 is 18.4. The van der Waals surface area contributed by atoms with Crippen molar-refractivity contribution in [3.8, 4) is 22.6 Å². The summed E-state index contributed by atoms with van der Waals surface area (Å²) in [5.41, 5.74) is 8.01. The zero-order valence-corrected chi connectivity index (χ0v) is 23.2. The number of carbonyl (C=O) groups is 1. The molecule has 1 aromatic carbocycles. The Bertz CT molecular complexity index is 1310. The number of hydrogen-bond donors (Lipinski definition) is 1. The molecule has 0 radical (unpaired) electrons. The predicted molar refractivity (Wildman–Crippen MR) is 153 cm³/mol. The van der Waals surface area contributed by atoms with Crippen molar-refractivity contribution in [1.29, 1.82) is 0 Å². The van der Waals surface area contributed by atoms with E-state index in [9.17, 15) is 9.59 Å². The molecule has 1 saturated heterocycles. The van der Waals surface area contributed by atoms with Gasteiger partial charge in [0, 0.05) is 23.5 Å². The Labute approximate surface area is 225 Å². The average molecular weight is 550 g/mol. The first kappa shape index (κ1) is 27.9. The quantitative estimate of drug-likeness (QED) is 0.258. The Balaban J connectivity index is 0.00000361. The summed E-state index contributed by atoms with van der Waals surface area (Å²) in [5, 5.41) is 0.601. The number of rotatable bonds is 8. The molecule has 0 atom stereocenters. The van der Waals surface area contributed by atoms with E-state index in [0.717, 1.165) is 45.1 Å². The van der Waals surface area contributed by atoms with Gasteiger partial charge in [-0.2, -0.15) is 25.3 Å². The van der Waals surface area contributed by atoms with Crippen LogP contribution in [0, 0.1) is 0 Å². The highest BCUT2D eigenvalue weighted by molar-refractivity contribution is 7.99. The van der Waals surface area contributed by atoms with Crippen LogP contribution in [0.15, 0.2) is 40.2 Å². The fraction of sp³-hybridized carbons (Fsp3) is 0.400. The number of amidine groups is 1. The van der Waals surface area contributed by atoms with Crippen LogP contribution in [0.2, 0.25) is 0 Å². The van der Waals surface area contributed by atoms with Gasteiger partial charge in [0.05, 0.1) is 30.0 Å². The van der Waals surface area contributed by atoms with Gasteiger partial charge < -0.3 is 24.5 Å². The average Bonchev–Trinajstić information content (AvgIpc) is 3.32. The third-order valence-electron chi connectivity index (χ3n) is 5.74. The van der Waals surface area contributed by atoms with Gasteiger partial charge in [-0.15, -0.1) is 11.3 Å². The molecule has 2 N–H and O–H groups in total. The van der Waals surface area contributed by atoms with Gasteiger partial charge in [0.15, 0.2) is 18.1 Å². The number of nitrogens with zero attached hydrogens (tertiary/aromatic N) is 2. The fourth-order valence-electron chi connectivity index (χ4n) is 3.95. The van der Waals surface area contributed by atoms with Crippen LogP contribution in [0.4, 0.5) is 0 Å². The number of fused-ring (bicyclic) bond motifs is 1. The maximum Gasteiger partial charge on any atom is 0.344 e. The molecule has 1 fully saturated rings. The second kappa shape index (κ2) is 12.6. The summed E-state index contributed by atoms with van der Waals surface area (Å²) in [4.78, 5) is 30.1. The maximum absolute atomic E-state index is 12.9. The SMILES string of the molecule is CCOC(=O)COc1ccc(-c2cn(C)c(=O)c3cc(C(N)=NC4CCSCC4)sc23)cc1OC.S. The maximum atomic E-state index is 12.9. The number of esters is 1. The normalized spacial score (nSPS) is 14.4. The van der Waals surface area contributed by atoms with Crippen LogP contribution in [0.3, 0.4) is 0 Å². The summed E-state index contributed by atoms with van der Waals surface area (Å²) in [7, 11) is 3.27. The monoisotopic (exact) mass is 549 g/mol. The standard InChI is InChI=1S/C25H29N3O5S2.H2S/c1-4-32-22(29)14-33-19-6-5-15(11-20(19)31-3)18-13-28(2)25(30)17-12-21(35-23(17)18)24(26)27-16-7-9-34-10-8-16;/h5-6,11-13,16H,4,7-10,14H2,1-3H3,(H2,26,27);1H2. The van der Waals surface area contributed by atoms with Crippen molar-refractivity contribution < 1.29 is 19.0 Å². The van der Waals surface area contributed by atoms with Crippen molar-refractivity contribution in [2.75, 3.05) is 31.8 Å². The highest BCUT2D eigenvalue weighted by Crippen LogP contribution is 2.37. The van der Waals surface area contributed by atoms with E-state index in [0.29, 0.717) is 29.3 Å². The number of hydrogen-bond acceptors (Lipinski definition) is 8. The minimum atomic E-state index is -0.448. The number of benzene rings is 1. The molecular formula is C25H31N3O5S3. The van der Waals surface area contributed by atoms with Gasteiger partial charge in [-0.25, -0.2) is 4.79 Å². The summed E-state index contributed by atoms with van der Waals surface area (Å²) >= 11 is 3.41. The Morgan fingerprint density at radius 2 is 1.97 bits per heavy atom. The second-order valence-corrected chi connectivity index (χ2v) is 10.4. The molecule has 0 amide bonds. The van der Waals surface area contributed by atoms with E-state index in [1.165, 1.54) is 18.4 Å². The molecule has 1 aliphatic rings. The van der Waals surface area contributed by atoms with Crippen molar-refractivity contribution in [3.05, 3.63) is 45.7 Å². The van der Waals surface area contributed by atoms with Gasteiger partial charge in [0.25, 0.3) is 5.56 Å². The molecule has 4 rings (SSSR count). The number of aliphatic imine (C=N–C) groups is 1. The first-order valence-corrected chi connectivity index (χ1v) is 13.4. The van der Waals surface area contributed by atoms with Gasteiger partial charge >= 0.3 is 5.97 Å². The summed E-state index contributed by atoms with van der Waals surface area (Å²) in [5.74, 6) is 3.13.